The second-order valence-electron chi connectivity index (χ2n) is 5.75. The normalized spacial score (nSPS) is 17.6. The second-order valence-corrected chi connectivity index (χ2v) is 7.95. The van der Waals surface area contributed by atoms with Crippen molar-refractivity contribution >= 4 is 28.6 Å². The fourth-order valence-corrected chi connectivity index (χ4v) is 4.97. The smallest absolute Gasteiger partial charge is 0.263 e. The van der Waals surface area contributed by atoms with Crippen molar-refractivity contribution in [3.63, 3.8) is 0 Å². The fraction of sp³-hybridized carbons (Fsp3) is 0.500. The molecule has 2 aromatic rings. The Hall–Kier alpha value is -1.20. The maximum Gasteiger partial charge on any atom is 0.263 e. The Bertz CT molecular complexity index is 659. The van der Waals surface area contributed by atoms with Gasteiger partial charge in [0.1, 0.15) is 0 Å². The molecule has 112 valence electrons. The second kappa shape index (κ2) is 5.89. The zero-order valence-corrected chi connectivity index (χ0v) is 14.3. The molecule has 3 rings (SSSR count). The Morgan fingerprint density at radius 2 is 2.29 bits per heavy atom. The molecular weight excluding hydrogens is 300 g/mol. The molecule has 1 amide bonds. The van der Waals surface area contributed by atoms with E-state index in [0.717, 1.165) is 34.8 Å². The SMILES string of the molecule is Cc1nc2c(s1)CCCC2CN(C)C(=O)c1sccc1C. The quantitative estimate of drug-likeness (QED) is 0.856. The summed E-state index contributed by atoms with van der Waals surface area (Å²) in [5.41, 5.74) is 2.32. The largest absolute Gasteiger partial charge is 0.340 e. The third-order valence-electron chi connectivity index (χ3n) is 4.07. The van der Waals surface area contributed by atoms with Gasteiger partial charge in [0.2, 0.25) is 0 Å². The molecule has 0 saturated carbocycles. The lowest BCUT2D eigenvalue weighted by atomic mass is 9.90. The monoisotopic (exact) mass is 320 g/mol. The number of aromatic nitrogens is 1. The molecule has 1 unspecified atom stereocenters. The van der Waals surface area contributed by atoms with Crippen molar-refractivity contribution in [2.75, 3.05) is 13.6 Å². The van der Waals surface area contributed by atoms with E-state index in [0.29, 0.717) is 5.92 Å². The van der Waals surface area contributed by atoms with Crippen molar-refractivity contribution in [1.82, 2.24) is 9.88 Å². The number of thiophene rings is 1. The summed E-state index contributed by atoms with van der Waals surface area (Å²) in [5, 5.41) is 3.13. The van der Waals surface area contributed by atoms with E-state index in [2.05, 4.69) is 6.92 Å². The first-order chi connectivity index (χ1) is 10.1. The van der Waals surface area contributed by atoms with Crippen LogP contribution in [0.3, 0.4) is 0 Å². The first-order valence-corrected chi connectivity index (χ1v) is 9.01. The van der Waals surface area contributed by atoms with Gasteiger partial charge in [0.05, 0.1) is 15.6 Å². The molecule has 21 heavy (non-hydrogen) atoms. The highest BCUT2D eigenvalue weighted by molar-refractivity contribution is 7.12. The predicted molar refractivity (Wildman–Crippen MR) is 88.5 cm³/mol. The summed E-state index contributed by atoms with van der Waals surface area (Å²) >= 11 is 3.35. The average Bonchev–Trinajstić information content (AvgIpc) is 3.03. The Balaban J connectivity index is 1.75. The number of aryl methyl sites for hydroxylation is 3. The van der Waals surface area contributed by atoms with Gasteiger partial charge in [-0.15, -0.1) is 22.7 Å². The standard InChI is InChI=1S/C16H20N2OS2/c1-10-7-8-20-15(10)16(19)18(3)9-12-5-4-6-13-14(12)17-11(2)21-13/h7-8,12H,4-6,9H2,1-3H3. The van der Waals surface area contributed by atoms with Gasteiger partial charge < -0.3 is 4.90 Å². The molecule has 0 aliphatic heterocycles. The highest BCUT2D eigenvalue weighted by Crippen LogP contribution is 2.35. The third-order valence-corrected chi connectivity index (χ3v) is 6.13. The maximum atomic E-state index is 12.5. The number of nitrogens with zero attached hydrogens (tertiary/aromatic N) is 2. The Labute approximate surface area is 133 Å². The molecule has 1 aliphatic carbocycles. The Morgan fingerprint density at radius 3 is 3.00 bits per heavy atom. The number of fused-ring (bicyclic) bond motifs is 1. The summed E-state index contributed by atoms with van der Waals surface area (Å²) in [4.78, 5) is 21.4. The fourth-order valence-electron chi connectivity index (χ4n) is 2.99. The number of hydrogen-bond acceptors (Lipinski definition) is 4. The van der Waals surface area contributed by atoms with Crippen molar-refractivity contribution in [2.24, 2.45) is 0 Å². The molecule has 1 atom stereocenters. The Morgan fingerprint density at radius 1 is 1.48 bits per heavy atom. The molecule has 2 heterocycles. The lowest BCUT2D eigenvalue weighted by Crippen LogP contribution is -2.32. The summed E-state index contributed by atoms with van der Waals surface area (Å²) in [6.07, 6.45) is 3.50. The van der Waals surface area contributed by atoms with E-state index >= 15 is 0 Å². The molecule has 0 fully saturated rings. The van der Waals surface area contributed by atoms with Gasteiger partial charge in [0, 0.05) is 24.4 Å². The number of hydrogen-bond donors (Lipinski definition) is 0. The van der Waals surface area contributed by atoms with Crippen molar-refractivity contribution in [3.05, 3.63) is 37.5 Å². The maximum absolute atomic E-state index is 12.5. The van der Waals surface area contributed by atoms with Gasteiger partial charge in [-0.2, -0.15) is 0 Å². The van der Waals surface area contributed by atoms with Crippen molar-refractivity contribution in [3.8, 4) is 0 Å². The summed E-state index contributed by atoms with van der Waals surface area (Å²) in [7, 11) is 1.91. The van der Waals surface area contributed by atoms with E-state index < -0.39 is 0 Å². The first kappa shape index (κ1) is 14.7. The van der Waals surface area contributed by atoms with Crippen LogP contribution in [0.5, 0.6) is 0 Å². The van der Waals surface area contributed by atoms with Crippen LogP contribution in [0.4, 0.5) is 0 Å². The number of rotatable bonds is 3. The van der Waals surface area contributed by atoms with Crippen molar-refractivity contribution in [2.45, 2.75) is 39.0 Å². The van der Waals surface area contributed by atoms with Gasteiger partial charge >= 0.3 is 0 Å². The topological polar surface area (TPSA) is 33.2 Å². The van der Waals surface area contributed by atoms with Crippen LogP contribution in [-0.4, -0.2) is 29.4 Å². The molecule has 0 N–H and O–H groups in total. The van der Waals surface area contributed by atoms with Crippen LogP contribution in [0.25, 0.3) is 0 Å². The van der Waals surface area contributed by atoms with Gasteiger partial charge in [-0.05, 0) is 50.1 Å². The molecule has 0 aromatic carbocycles. The van der Waals surface area contributed by atoms with E-state index in [1.165, 1.54) is 28.3 Å². The number of likely N-dealkylation sites (N-methyl/N-ethyl adjacent to an activating group) is 1. The van der Waals surface area contributed by atoms with Gasteiger partial charge in [0.25, 0.3) is 5.91 Å². The predicted octanol–water partition coefficient (Wildman–Crippen LogP) is 4.01. The van der Waals surface area contributed by atoms with Crippen LogP contribution in [0, 0.1) is 13.8 Å². The molecule has 3 nitrogen and oxygen atoms in total. The lowest BCUT2D eigenvalue weighted by molar-refractivity contribution is 0.0787. The molecule has 2 aromatic heterocycles. The molecule has 0 bridgehead atoms. The summed E-state index contributed by atoms with van der Waals surface area (Å²) < 4.78 is 0. The molecule has 0 radical (unpaired) electrons. The molecule has 1 aliphatic rings. The number of carbonyl (C=O) groups excluding carboxylic acids is 1. The van der Waals surface area contributed by atoms with Crippen LogP contribution in [-0.2, 0) is 6.42 Å². The van der Waals surface area contributed by atoms with Crippen LogP contribution in [0.1, 0.15) is 49.6 Å². The summed E-state index contributed by atoms with van der Waals surface area (Å²) in [5.74, 6) is 0.537. The van der Waals surface area contributed by atoms with Crippen LogP contribution >= 0.6 is 22.7 Å². The third kappa shape index (κ3) is 2.90. The highest BCUT2D eigenvalue weighted by atomic mass is 32.1. The molecule has 0 spiro atoms. The van der Waals surface area contributed by atoms with Crippen molar-refractivity contribution in [1.29, 1.82) is 0 Å². The van der Waals surface area contributed by atoms with Crippen LogP contribution in [0.2, 0.25) is 0 Å². The number of thiazole rings is 1. The minimum Gasteiger partial charge on any atom is -0.340 e. The molecule has 0 saturated heterocycles. The molecule has 5 heteroatoms. The van der Waals surface area contributed by atoms with Crippen molar-refractivity contribution < 1.29 is 4.79 Å². The number of amides is 1. The van der Waals surface area contributed by atoms with E-state index in [1.807, 2.05) is 41.7 Å². The van der Waals surface area contributed by atoms with E-state index in [-0.39, 0.29) is 5.91 Å². The van der Waals surface area contributed by atoms with Crippen LogP contribution < -0.4 is 0 Å². The summed E-state index contributed by atoms with van der Waals surface area (Å²) in [6.45, 7) is 4.84. The van der Waals surface area contributed by atoms with Gasteiger partial charge in [0.15, 0.2) is 0 Å². The zero-order valence-electron chi connectivity index (χ0n) is 12.7. The van der Waals surface area contributed by atoms with E-state index in [9.17, 15) is 4.79 Å². The summed E-state index contributed by atoms with van der Waals surface area (Å²) in [6, 6.07) is 2.01. The van der Waals surface area contributed by atoms with Gasteiger partial charge in [-0.1, -0.05) is 0 Å². The van der Waals surface area contributed by atoms with Gasteiger partial charge in [-0.3, -0.25) is 4.79 Å². The van der Waals surface area contributed by atoms with Crippen LogP contribution in [0.15, 0.2) is 11.4 Å². The molecular formula is C16H20N2OS2. The van der Waals surface area contributed by atoms with E-state index in [4.69, 9.17) is 4.98 Å². The van der Waals surface area contributed by atoms with Gasteiger partial charge in [-0.25, -0.2) is 4.98 Å². The zero-order chi connectivity index (χ0) is 15.0. The highest BCUT2D eigenvalue weighted by Gasteiger charge is 2.27. The minimum atomic E-state index is 0.140. The lowest BCUT2D eigenvalue weighted by Gasteiger charge is -2.26. The minimum absolute atomic E-state index is 0.140. The Kier molecular flexibility index (Phi) is 4.13. The average molecular weight is 320 g/mol. The first-order valence-electron chi connectivity index (χ1n) is 7.32. The number of carbonyl (C=O) groups is 1. The van der Waals surface area contributed by atoms with E-state index in [1.54, 1.807) is 0 Å².